The minimum atomic E-state index is -0.405. The highest BCUT2D eigenvalue weighted by atomic mass is 19.1. The maximum atomic E-state index is 11.6. The van der Waals surface area contributed by atoms with E-state index in [9.17, 15) is 4.39 Å². The first-order chi connectivity index (χ1) is 4.27. The van der Waals surface area contributed by atoms with Crippen molar-refractivity contribution in [3.8, 4) is 0 Å². The molecule has 0 aliphatic heterocycles. The summed E-state index contributed by atoms with van der Waals surface area (Å²) in [6.45, 7) is 7.09. The van der Waals surface area contributed by atoms with Crippen LogP contribution in [0.15, 0.2) is 17.3 Å². The van der Waals surface area contributed by atoms with E-state index in [1.807, 2.05) is 13.8 Å². The molecule has 0 aromatic heterocycles. The van der Waals surface area contributed by atoms with E-state index >= 15 is 0 Å². The lowest BCUT2D eigenvalue weighted by molar-refractivity contribution is 0.798. The molecule has 0 aromatic carbocycles. The Labute approximate surface area is 56.3 Å². The number of hydrogen-bond donors (Lipinski definition) is 0. The molecule has 0 amide bonds. The van der Waals surface area contributed by atoms with E-state index in [1.54, 1.807) is 13.0 Å². The van der Waals surface area contributed by atoms with Gasteiger partial charge in [0.15, 0.2) is 5.97 Å². The molecular weight excluding hydrogens is 117 g/mol. The fourth-order valence-corrected chi connectivity index (χ4v) is 0.177. The minimum Gasteiger partial charge on any atom is -0.233 e. The monoisotopic (exact) mass is 131 g/mol. The zero-order valence-corrected chi connectivity index (χ0v) is 6.48. The summed E-state index contributed by atoms with van der Waals surface area (Å²) in [4.78, 5) is 3.31. The molecule has 0 fully saturated rings. The van der Waals surface area contributed by atoms with E-state index in [-0.39, 0.29) is 0 Å². The molecule has 9 heavy (non-hydrogen) atoms. The molecule has 0 radical (unpaired) electrons. The van der Waals surface area contributed by atoms with E-state index in [1.165, 1.54) is 13.1 Å². The summed E-state index contributed by atoms with van der Waals surface area (Å²) in [6, 6.07) is 0. The maximum Gasteiger partial charge on any atom is 0.185 e. The second kappa shape index (κ2) is 10.3. The van der Waals surface area contributed by atoms with Crippen LogP contribution in [-0.2, 0) is 0 Å². The molecule has 0 atom stereocenters. The molecule has 1 nitrogen and oxygen atoms in total. The largest absolute Gasteiger partial charge is 0.233 e. The third kappa shape index (κ3) is 18.8. The van der Waals surface area contributed by atoms with E-state index in [4.69, 9.17) is 0 Å². The first-order valence-electron chi connectivity index (χ1n) is 3.08. The second-order valence-corrected chi connectivity index (χ2v) is 1.11. The van der Waals surface area contributed by atoms with E-state index < -0.39 is 5.97 Å². The highest BCUT2D eigenvalue weighted by molar-refractivity contribution is 5.72. The predicted octanol–water partition coefficient (Wildman–Crippen LogP) is 2.93. The van der Waals surface area contributed by atoms with Crippen molar-refractivity contribution in [2.75, 3.05) is 0 Å². The minimum absolute atomic E-state index is 0.405. The summed E-state index contributed by atoms with van der Waals surface area (Å²) < 4.78 is 11.6. The molecule has 0 N–H and O–H groups in total. The molecule has 0 aromatic rings. The fraction of sp³-hybridized carbons (Fsp3) is 0.571. The van der Waals surface area contributed by atoms with E-state index in [2.05, 4.69) is 4.99 Å². The van der Waals surface area contributed by atoms with Crippen molar-refractivity contribution in [2.45, 2.75) is 27.7 Å². The van der Waals surface area contributed by atoms with Gasteiger partial charge in [0.05, 0.1) is 0 Å². The molecule has 0 rings (SSSR count). The lowest BCUT2D eigenvalue weighted by Crippen LogP contribution is -1.70. The SMILES string of the molecule is C/C=C\N=C(C)F.CC. The molecule has 0 heterocycles. The first kappa shape index (κ1) is 11.2. The Hall–Kier alpha value is -0.660. The maximum absolute atomic E-state index is 11.6. The summed E-state index contributed by atoms with van der Waals surface area (Å²) >= 11 is 0. The summed E-state index contributed by atoms with van der Waals surface area (Å²) in [5.41, 5.74) is 0. The van der Waals surface area contributed by atoms with Crippen LogP contribution in [0.4, 0.5) is 4.39 Å². The molecule has 2 heteroatoms. The average molecular weight is 131 g/mol. The zero-order valence-electron chi connectivity index (χ0n) is 6.48. The van der Waals surface area contributed by atoms with Crippen LogP contribution < -0.4 is 0 Å². The van der Waals surface area contributed by atoms with Gasteiger partial charge >= 0.3 is 0 Å². The Morgan fingerprint density at radius 3 is 2.00 bits per heavy atom. The normalized spacial score (nSPS) is 11.0. The highest BCUT2D eigenvalue weighted by Gasteiger charge is 1.72. The summed E-state index contributed by atoms with van der Waals surface area (Å²) in [5, 5.41) is 0. The van der Waals surface area contributed by atoms with Crippen molar-refractivity contribution in [3.63, 3.8) is 0 Å². The zero-order chi connectivity index (χ0) is 7.70. The third-order valence-corrected chi connectivity index (χ3v) is 0.402. The van der Waals surface area contributed by atoms with Crippen molar-refractivity contribution in [1.82, 2.24) is 0 Å². The fourth-order valence-electron chi connectivity index (χ4n) is 0.177. The predicted molar refractivity (Wildman–Crippen MR) is 40.4 cm³/mol. The van der Waals surface area contributed by atoms with Crippen molar-refractivity contribution in [2.24, 2.45) is 4.99 Å². The molecule has 54 valence electrons. The third-order valence-electron chi connectivity index (χ3n) is 0.402. The topological polar surface area (TPSA) is 12.4 Å². The number of rotatable bonds is 1. The van der Waals surface area contributed by atoms with Gasteiger partial charge in [-0.3, -0.25) is 0 Å². The van der Waals surface area contributed by atoms with Gasteiger partial charge in [0.25, 0.3) is 0 Å². The van der Waals surface area contributed by atoms with Crippen LogP contribution in [0.25, 0.3) is 0 Å². The van der Waals surface area contributed by atoms with Crippen molar-refractivity contribution >= 4 is 5.97 Å². The van der Waals surface area contributed by atoms with Gasteiger partial charge < -0.3 is 0 Å². The first-order valence-corrected chi connectivity index (χ1v) is 3.08. The number of allylic oxidation sites excluding steroid dienone is 1. The standard InChI is InChI=1S/C5H8FN.C2H6/c1-3-4-7-5(2)6;1-2/h3-4H,1-2H3;1-2H3/b4-3-,7-5?;. The Balaban J connectivity index is 0. The van der Waals surface area contributed by atoms with Crippen molar-refractivity contribution in [1.29, 1.82) is 0 Å². The van der Waals surface area contributed by atoms with Gasteiger partial charge in [0.2, 0.25) is 0 Å². The Morgan fingerprint density at radius 1 is 1.44 bits per heavy atom. The number of aliphatic imine (C=N–C) groups is 1. The number of halogens is 1. The van der Waals surface area contributed by atoms with Gasteiger partial charge in [-0.25, -0.2) is 4.99 Å². The Morgan fingerprint density at radius 2 is 1.89 bits per heavy atom. The van der Waals surface area contributed by atoms with Gasteiger partial charge in [-0.05, 0) is 6.92 Å². The number of hydrogen-bond acceptors (Lipinski definition) is 1. The molecule has 0 bridgehead atoms. The van der Waals surface area contributed by atoms with Crippen LogP contribution in [0.3, 0.4) is 0 Å². The molecule has 0 spiro atoms. The van der Waals surface area contributed by atoms with Gasteiger partial charge in [0, 0.05) is 13.1 Å². The number of nitrogens with zero attached hydrogens (tertiary/aromatic N) is 1. The van der Waals surface area contributed by atoms with Crippen LogP contribution in [0.5, 0.6) is 0 Å². The van der Waals surface area contributed by atoms with Gasteiger partial charge in [-0.2, -0.15) is 4.39 Å². The molecular formula is C7H14FN. The Bertz CT molecular complexity index is 91.1. The van der Waals surface area contributed by atoms with Gasteiger partial charge in [-0.1, -0.05) is 19.9 Å². The van der Waals surface area contributed by atoms with Crippen LogP contribution in [0, 0.1) is 0 Å². The van der Waals surface area contributed by atoms with Crippen LogP contribution >= 0.6 is 0 Å². The van der Waals surface area contributed by atoms with Crippen LogP contribution in [-0.4, -0.2) is 5.97 Å². The smallest absolute Gasteiger partial charge is 0.185 e. The molecule has 0 aliphatic carbocycles. The summed E-state index contributed by atoms with van der Waals surface area (Å²) in [6.07, 6.45) is 3.08. The highest BCUT2D eigenvalue weighted by Crippen LogP contribution is 1.78. The van der Waals surface area contributed by atoms with Crippen LogP contribution in [0.2, 0.25) is 0 Å². The summed E-state index contributed by atoms with van der Waals surface area (Å²) in [7, 11) is 0. The van der Waals surface area contributed by atoms with Gasteiger partial charge in [0.1, 0.15) is 0 Å². The van der Waals surface area contributed by atoms with Crippen LogP contribution in [0.1, 0.15) is 27.7 Å². The molecule has 0 saturated heterocycles. The lowest BCUT2D eigenvalue weighted by Gasteiger charge is -1.73. The molecule has 0 aliphatic rings. The lowest BCUT2D eigenvalue weighted by atomic mass is 10.7. The van der Waals surface area contributed by atoms with E-state index in [0.29, 0.717) is 0 Å². The second-order valence-electron chi connectivity index (χ2n) is 1.11. The average Bonchev–Trinajstić information content (AvgIpc) is 1.88. The van der Waals surface area contributed by atoms with E-state index in [0.717, 1.165) is 0 Å². The Kier molecular flexibility index (Phi) is 12.9. The quantitative estimate of drug-likeness (QED) is 0.485. The van der Waals surface area contributed by atoms with Crippen molar-refractivity contribution in [3.05, 3.63) is 12.3 Å². The molecule has 0 unspecified atom stereocenters. The van der Waals surface area contributed by atoms with Crippen molar-refractivity contribution < 1.29 is 4.39 Å². The molecule has 0 saturated carbocycles. The van der Waals surface area contributed by atoms with Gasteiger partial charge in [-0.15, -0.1) is 0 Å². The summed E-state index contributed by atoms with van der Waals surface area (Å²) in [5.74, 6) is -0.405.